The second-order valence-corrected chi connectivity index (χ2v) is 18.9. The number of aromatic amines is 1. The van der Waals surface area contributed by atoms with Gasteiger partial charge in [-0.05, 0) is 106 Å². The maximum Gasteiger partial charge on any atom is 0.387 e. The third-order valence-corrected chi connectivity index (χ3v) is 13.0. The summed E-state index contributed by atoms with van der Waals surface area (Å²) < 4.78 is 80.9. The van der Waals surface area contributed by atoms with Gasteiger partial charge in [-0.15, -0.1) is 6.42 Å². The number of nitrogens with zero attached hydrogens (tertiary/aromatic N) is 12. The Morgan fingerprint density at radius 3 is 1.90 bits per heavy atom. The molecule has 1 fully saturated rings. The molecule has 0 saturated carbocycles. The molecule has 11 rings (SSSR count). The fourth-order valence-electron chi connectivity index (χ4n) is 8.88. The summed E-state index contributed by atoms with van der Waals surface area (Å²) in [6.45, 7) is 1.57. The minimum atomic E-state index is -3.08. The molecule has 0 radical (unpaired) electrons. The molecule has 1 saturated heterocycles. The van der Waals surface area contributed by atoms with E-state index in [1.54, 1.807) is 74.7 Å². The Labute approximate surface area is 459 Å². The van der Waals surface area contributed by atoms with E-state index < -0.39 is 30.5 Å². The van der Waals surface area contributed by atoms with Crippen LogP contribution in [0.1, 0.15) is 59.4 Å². The summed E-state index contributed by atoms with van der Waals surface area (Å²) in [4.78, 5) is 37.0. The number of ether oxygens (including phenoxy) is 4. The van der Waals surface area contributed by atoms with Crippen LogP contribution in [0.3, 0.4) is 0 Å². The average Bonchev–Trinajstić information content (AvgIpc) is 4.43. The number of hydrogen-bond donors (Lipinski definition) is 3. The molecule has 81 heavy (non-hydrogen) atoms. The Kier molecular flexibility index (Phi) is 16.0. The Bertz CT molecular complexity index is 3880. The average molecular weight is 1110 g/mol. The van der Waals surface area contributed by atoms with Gasteiger partial charge in [0, 0.05) is 50.1 Å². The number of halogens is 4. The van der Waals surface area contributed by atoms with Crippen LogP contribution in [-0.4, -0.2) is 109 Å². The molecule has 0 spiro atoms. The van der Waals surface area contributed by atoms with E-state index in [-0.39, 0.29) is 56.5 Å². The second kappa shape index (κ2) is 23.9. The largest absolute Gasteiger partial charge is 0.457 e. The Balaban J connectivity index is 0.000000182. The highest BCUT2D eigenvalue weighted by molar-refractivity contribution is 6.10. The van der Waals surface area contributed by atoms with Crippen molar-refractivity contribution in [3.63, 3.8) is 0 Å². The van der Waals surface area contributed by atoms with Crippen LogP contribution in [0, 0.1) is 12.3 Å². The van der Waals surface area contributed by atoms with E-state index in [4.69, 9.17) is 25.4 Å². The molecule has 21 nitrogen and oxygen atoms in total. The van der Waals surface area contributed by atoms with E-state index in [0.29, 0.717) is 34.3 Å². The third-order valence-electron chi connectivity index (χ3n) is 13.0. The normalized spacial score (nSPS) is 12.7. The van der Waals surface area contributed by atoms with Gasteiger partial charge in [-0.2, -0.15) is 43.1 Å². The third kappa shape index (κ3) is 12.8. The summed E-state index contributed by atoms with van der Waals surface area (Å²) in [6, 6.07) is 19.5. The lowest BCUT2D eigenvalue weighted by Gasteiger charge is -2.26. The summed E-state index contributed by atoms with van der Waals surface area (Å²) in [6.07, 6.45) is 24.9. The number of benzene rings is 3. The Morgan fingerprint density at radius 1 is 0.704 bits per heavy atom. The number of H-pyrrole nitrogens is 1. The number of carbonyl (C=O) groups is 2. The lowest BCUT2D eigenvalue weighted by molar-refractivity contribution is -0.0501. The standard InChI is InChI=1S/C28H29F2N9O3.C28H22F2N6O3/c1-36-18-23(34-27(40)22-16-33-39-11-5-8-31-26(22)39)25(35-36)21-14-19(6-7-24(21)42-28(29)30)41-20-15-32-38(17-20)13-12-37-9-3-2-4-10-37;1-4-28(2,3)17-6-8-18(9-7-17)38-19-10-11-23(39-27(29)30)20(14-19)24-22(16-32-35-24)34-26(37)21-15-33-36-13-5-12-31-25(21)36/h5-8,11,14-18,28H,2-4,9-10,12-13H2,1H3,(H,34,40);1,5-16,27H,2-3H3,(H,32,35)(H,34,37). The number of aromatic nitrogens is 12. The molecule has 3 aromatic carbocycles. The highest BCUT2D eigenvalue weighted by atomic mass is 19.3. The van der Waals surface area contributed by atoms with Crippen LogP contribution in [0.2, 0.25) is 0 Å². The molecule has 0 unspecified atom stereocenters. The van der Waals surface area contributed by atoms with Crippen molar-refractivity contribution >= 4 is 34.5 Å². The maximum absolute atomic E-state index is 13.3. The van der Waals surface area contributed by atoms with E-state index in [0.717, 1.165) is 31.7 Å². The highest BCUT2D eigenvalue weighted by Crippen LogP contribution is 2.41. The predicted molar refractivity (Wildman–Crippen MR) is 289 cm³/mol. The summed E-state index contributed by atoms with van der Waals surface area (Å²) >= 11 is 0. The summed E-state index contributed by atoms with van der Waals surface area (Å²) in [5.41, 5.74) is 3.05. The van der Waals surface area contributed by atoms with E-state index in [2.05, 4.69) is 62.0 Å². The van der Waals surface area contributed by atoms with E-state index in [9.17, 15) is 27.2 Å². The molecular weight excluding hydrogens is 1050 g/mol. The summed E-state index contributed by atoms with van der Waals surface area (Å²) in [5.74, 6) is 3.20. The van der Waals surface area contributed by atoms with Gasteiger partial charge < -0.3 is 34.5 Å². The first-order chi connectivity index (χ1) is 39.2. The lowest BCUT2D eigenvalue weighted by atomic mass is 9.86. The van der Waals surface area contributed by atoms with Gasteiger partial charge in [0.15, 0.2) is 17.0 Å². The second-order valence-electron chi connectivity index (χ2n) is 18.9. The van der Waals surface area contributed by atoms with Crippen LogP contribution in [0.15, 0.2) is 135 Å². The highest BCUT2D eigenvalue weighted by Gasteiger charge is 2.25. The minimum absolute atomic E-state index is 0.124. The molecule has 10 aromatic rings. The van der Waals surface area contributed by atoms with Crippen molar-refractivity contribution in [2.24, 2.45) is 7.05 Å². The minimum Gasteiger partial charge on any atom is -0.457 e. The fraction of sp³-hybridized carbons (Fsp3) is 0.232. The number of alkyl halides is 4. The number of anilines is 2. The van der Waals surface area contributed by atoms with Crippen molar-refractivity contribution in [1.29, 1.82) is 0 Å². The Morgan fingerprint density at radius 2 is 1.28 bits per heavy atom. The molecule has 0 atom stereocenters. The number of likely N-dealkylation sites (tertiary alicyclic amines) is 1. The van der Waals surface area contributed by atoms with E-state index >= 15 is 0 Å². The van der Waals surface area contributed by atoms with Gasteiger partial charge in [0.05, 0.1) is 65.6 Å². The molecular formula is C56H51F4N15O6. The maximum atomic E-state index is 13.3. The first-order valence-corrected chi connectivity index (χ1v) is 25.3. The molecule has 8 heterocycles. The molecule has 1 aliphatic rings. The van der Waals surface area contributed by atoms with Gasteiger partial charge in [0.25, 0.3) is 11.8 Å². The van der Waals surface area contributed by atoms with Crippen molar-refractivity contribution in [3.05, 3.63) is 151 Å². The summed E-state index contributed by atoms with van der Waals surface area (Å²) in [5, 5.41) is 29.4. The summed E-state index contributed by atoms with van der Waals surface area (Å²) in [7, 11) is 1.66. The molecule has 1 aliphatic heterocycles. The molecule has 7 aromatic heterocycles. The molecule has 0 aliphatic carbocycles. The van der Waals surface area contributed by atoms with Crippen LogP contribution in [-0.2, 0) is 19.0 Å². The van der Waals surface area contributed by atoms with Crippen molar-refractivity contribution in [2.75, 3.05) is 30.3 Å². The number of piperidine rings is 1. The van der Waals surface area contributed by atoms with Crippen LogP contribution in [0.4, 0.5) is 28.9 Å². The number of carbonyl (C=O) groups excluding carboxylic acids is 2. The SMILES string of the molecule is C#CC(C)(C)c1ccc(Oc2ccc(OC(F)F)c(-c3[nH]ncc3NC(=O)c3cnn4cccnc34)c2)cc1.Cn1cc(NC(=O)c2cnn3cccnc23)c(-c2cc(Oc3cnn(CCN4CCCCC4)c3)ccc2OC(F)F)n1. The smallest absolute Gasteiger partial charge is 0.387 e. The number of hydrogen-bond acceptors (Lipinski definition) is 14. The molecule has 414 valence electrons. The lowest BCUT2D eigenvalue weighted by Crippen LogP contribution is -2.32. The Hall–Kier alpha value is -10.1. The molecule has 3 N–H and O–H groups in total. The van der Waals surface area contributed by atoms with E-state index in [1.807, 2.05) is 30.7 Å². The zero-order chi connectivity index (χ0) is 56.6. The van der Waals surface area contributed by atoms with Gasteiger partial charge in [-0.3, -0.25) is 24.1 Å². The molecule has 2 amide bonds. The van der Waals surface area contributed by atoms with Gasteiger partial charge >= 0.3 is 13.2 Å². The predicted octanol–water partition coefficient (Wildman–Crippen LogP) is 10.1. The first kappa shape index (κ1) is 54.3. The van der Waals surface area contributed by atoms with Gasteiger partial charge in [0.2, 0.25) is 0 Å². The zero-order valence-electron chi connectivity index (χ0n) is 43.7. The van der Waals surface area contributed by atoms with Crippen molar-refractivity contribution in [3.8, 4) is 69.4 Å². The molecule has 25 heteroatoms. The van der Waals surface area contributed by atoms with Crippen LogP contribution in [0.5, 0.6) is 34.5 Å². The zero-order valence-corrected chi connectivity index (χ0v) is 43.7. The topological polar surface area (TPSA) is 223 Å². The quantitative estimate of drug-likeness (QED) is 0.0537. The van der Waals surface area contributed by atoms with E-state index in [1.165, 1.54) is 88.0 Å². The monoisotopic (exact) mass is 1110 g/mol. The van der Waals surface area contributed by atoms with Crippen LogP contribution >= 0.6 is 0 Å². The van der Waals surface area contributed by atoms with Crippen LogP contribution < -0.4 is 29.6 Å². The number of amides is 2. The number of aryl methyl sites for hydroxylation is 1. The number of rotatable bonds is 18. The first-order valence-electron chi connectivity index (χ1n) is 25.3. The molecule has 0 bridgehead atoms. The van der Waals surface area contributed by atoms with Crippen molar-refractivity contribution in [1.82, 2.24) is 63.9 Å². The van der Waals surface area contributed by atoms with Gasteiger partial charge in [-0.25, -0.2) is 19.0 Å². The van der Waals surface area contributed by atoms with Crippen LogP contribution in [0.25, 0.3) is 33.8 Å². The van der Waals surface area contributed by atoms with Crippen molar-refractivity contribution < 1.29 is 46.1 Å². The van der Waals surface area contributed by atoms with Crippen molar-refractivity contribution in [2.45, 2.75) is 58.3 Å². The fourth-order valence-corrected chi connectivity index (χ4v) is 8.88. The number of fused-ring (bicyclic) bond motifs is 2. The number of nitrogens with one attached hydrogen (secondary N) is 3. The number of terminal acetylenes is 1. The van der Waals surface area contributed by atoms with Gasteiger partial charge in [0.1, 0.15) is 45.6 Å². The van der Waals surface area contributed by atoms with Gasteiger partial charge in [-0.1, -0.05) is 24.5 Å².